The zero-order chi connectivity index (χ0) is 10.3. The van der Waals surface area contributed by atoms with Crippen LogP contribution < -0.4 is 5.32 Å². The van der Waals surface area contributed by atoms with Crippen LogP contribution in [0.1, 0.15) is 24.9 Å². The van der Waals surface area contributed by atoms with Gasteiger partial charge in [0, 0.05) is 6.04 Å². The lowest BCUT2D eigenvalue weighted by Crippen LogP contribution is -2.10. The van der Waals surface area contributed by atoms with E-state index in [-0.39, 0.29) is 5.82 Å². The zero-order valence-electron chi connectivity index (χ0n) is 8.63. The first-order valence-electron chi connectivity index (χ1n) is 4.85. The van der Waals surface area contributed by atoms with E-state index >= 15 is 0 Å². The van der Waals surface area contributed by atoms with Crippen LogP contribution in [0.25, 0.3) is 0 Å². The number of hydrogen-bond acceptors (Lipinski definition) is 3. The minimum absolute atomic E-state index is 0.324. The molecule has 1 aromatic heterocycles. The van der Waals surface area contributed by atoms with Gasteiger partial charge in [-0.3, -0.25) is 0 Å². The van der Waals surface area contributed by atoms with Crippen LogP contribution in [0, 0.1) is 25.6 Å². The average molecular weight is 195 g/mol. The van der Waals surface area contributed by atoms with Crippen LogP contribution in [0.5, 0.6) is 0 Å². The van der Waals surface area contributed by atoms with Crippen molar-refractivity contribution in [1.29, 1.82) is 0 Å². The van der Waals surface area contributed by atoms with E-state index in [9.17, 15) is 4.39 Å². The molecule has 3 nitrogen and oxygen atoms in total. The van der Waals surface area contributed by atoms with E-state index in [0.717, 1.165) is 6.42 Å². The Labute approximate surface area is 82.8 Å². The number of halogens is 1. The Bertz CT molecular complexity index is 365. The van der Waals surface area contributed by atoms with Crippen molar-refractivity contribution in [2.24, 2.45) is 5.92 Å². The van der Waals surface area contributed by atoms with Gasteiger partial charge in [-0.1, -0.05) is 6.92 Å². The van der Waals surface area contributed by atoms with E-state index < -0.39 is 0 Å². The second kappa shape index (κ2) is 3.19. The molecular formula is C10H14FN3. The SMILES string of the molecule is Cc1nc(C)c(F)c(NC2CC2C)n1. The van der Waals surface area contributed by atoms with Crippen LogP contribution in [-0.4, -0.2) is 16.0 Å². The molecule has 1 aliphatic carbocycles. The number of rotatable bonds is 2. The first-order chi connectivity index (χ1) is 6.58. The maximum Gasteiger partial charge on any atom is 0.186 e. The first kappa shape index (κ1) is 9.37. The Morgan fingerprint density at radius 1 is 1.36 bits per heavy atom. The van der Waals surface area contributed by atoms with Crippen LogP contribution in [0.2, 0.25) is 0 Å². The first-order valence-corrected chi connectivity index (χ1v) is 4.85. The number of aromatic nitrogens is 2. The standard InChI is InChI=1S/C10H14FN3/c1-5-4-8(5)14-10-9(11)6(2)12-7(3)13-10/h5,8H,4H2,1-3H3,(H,12,13,14). The topological polar surface area (TPSA) is 37.8 Å². The molecule has 1 fully saturated rings. The molecule has 2 rings (SSSR count). The summed E-state index contributed by atoms with van der Waals surface area (Å²) in [5, 5.41) is 3.09. The maximum atomic E-state index is 13.5. The van der Waals surface area contributed by atoms with Crippen molar-refractivity contribution in [1.82, 2.24) is 9.97 Å². The van der Waals surface area contributed by atoms with Crippen molar-refractivity contribution in [2.75, 3.05) is 5.32 Å². The van der Waals surface area contributed by atoms with Crippen LogP contribution in [0.4, 0.5) is 10.2 Å². The van der Waals surface area contributed by atoms with Crippen molar-refractivity contribution in [2.45, 2.75) is 33.2 Å². The molecule has 0 aliphatic heterocycles. The van der Waals surface area contributed by atoms with Gasteiger partial charge >= 0.3 is 0 Å². The molecule has 2 atom stereocenters. The Balaban J connectivity index is 2.23. The van der Waals surface area contributed by atoms with E-state index in [1.54, 1.807) is 13.8 Å². The van der Waals surface area contributed by atoms with Gasteiger partial charge < -0.3 is 5.32 Å². The van der Waals surface area contributed by atoms with Crippen molar-refractivity contribution in [3.8, 4) is 0 Å². The molecule has 0 amide bonds. The quantitative estimate of drug-likeness (QED) is 0.784. The molecule has 1 heterocycles. The summed E-state index contributed by atoms with van der Waals surface area (Å²) >= 11 is 0. The predicted octanol–water partition coefficient (Wildman–Crippen LogP) is 2.05. The fourth-order valence-corrected chi connectivity index (χ4v) is 1.49. The number of aryl methyl sites for hydroxylation is 2. The van der Waals surface area contributed by atoms with Gasteiger partial charge in [-0.15, -0.1) is 0 Å². The fourth-order valence-electron chi connectivity index (χ4n) is 1.49. The molecule has 1 saturated carbocycles. The smallest absolute Gasteiger partial charge is 0.186 e. The summed E-state index contributed by atoms with van der Waals surface area (Å²) in [6, 6.07) is 0.387. The van der Waals surface area contributed by atoms with E-state index in [0.29, 0.717) is 29.3 Å². The highest BCUT2D eigenvalue weighted by molar-refractivity contribution is 5.40. The second-order valence-corrected chi connectivity index (χ2v) is 3.98. The molecule has 2 unspecified atom stereocenters. The summed E-state index contributed by atoms with van der Waals surface area (Å²) < 4.78 is 13.5. The highest BCUT2D eigenvalue weighted by Gasteiger charge is 2.33. The van der Waals surface area contributed by atoms with Gasteiger partial charge in [0.15, 0.2) is 11.6 Å². The second-order valence-electron chi connectivity index (χ2n) is 3.98. The summed E-state index contributed by atoms with van der Waals surface area (Å²) in [4.78, 5) is 8.01. The number of hydrogen-bond donors (Lipinski definition) is 1. The van der Waals surface area contributed by atoms with Crippen molar-refractivity contribution in [3.63, 3.8) is 0 Å². The minimum Gasteiger partial charge on any atom is -0.365 e. The average Bonchev–Trinajstić information content (AvgIpc) is 2.77. The Kier molecular flexibility index (Phi) is 2.13. The summed E-state index contributed by atoms with van der Waals surface area (Å²) in [5.41, 5.74) is 0.410. The summed E-state index contributed by atoms with van der Waals surface area (Å²) in [6.45, 7) is 5.57. The predicted molar refractivity (Wildman–Crippen MR) is 52.7 cm³/mol. The molecule has 76 valence electrons. The van der Waals surface area contributed by atoms with E-state index in [1.165, 1.54) is 0 Å². The molecule has 1 aliphatic rings. The van der Waals surface area contributed by atoms with E-state index in [4.69, 9.17) is 0 Å². The third-order valence-electron chi connectivity index (χ3n) is 2.56. The van der Waals surface area contributed by atoms with Crippen molar-refractivity contribution in [3.05, 3.63) is 17.3 Å². The van der Waals surface area contributed by atoms with Gasteiger partial charge in [0.1, 0.15) is 5.82 Å². The molecular weight excluding hydrogens is 181 g/mol. The normalized spacial score (nSPS) is 24.9. The van der Waals surface area contributed by atoms with Gasteiger partial charge in [-0.25, -0.2) is 14.4 Å². The Hall–Kier alpha value is -1.19. The van der Waals surface area contributed by atoms with Crippen LogP contribution >= 0.6 is 0 Å². The molecule has 4 heteroatoms. The van der Waals surface area contributed by atoms with Crippen LogP contribution in [-0.2, 0) is 0 Å². The summed E-state index contributed by atoms with van der Waals surface area (Å²) in [6.07, 6.45) is 1.10. The highest BCUT2D eigenvalue weighted by atomic mass is 19.1. The van der Waals surface area contributed by atoms with Gasteiger partial charge in [0.25, 0.3) is 0 Å². The lowest BCUT2D eigenvalue weighted by Gasteiger charge is -2.07. The lowest BCUT2D eigenvalue weighted by atomic mass is 10.3. The largest absolute Gasteiger partial charge is 0.365 e. The van der Waals surface area contributed by atoms with Crippen molar-refractivity contribution >= 4 is 5.82 Å². The van der Waals surface area contributed by atoms with Gasteiger partial charge in [-0.2, -0.15) is 0 Å². The van der Waals surface area contributed by atoms with Gasteiger partial charge in [-0.05, 0) is 26.2 Å². The van der Waals surface area contributed by atoms with Gasteiger partial charge in [0.05, 0.1) is 5.69 Å². The minimum atomic E-state index is -0.324. The lowest BCUT2D eigenvalue weighted by molar-refractivity contribution is 0.601. The van der Waals surface area contributed by atoms with Crippen LogP contribution in [0.15, 0.2) is 0 Å². The third kappa shape index (κ3) is 1.69. The maximum absolute atomic E-state index is 13.5. The van der Waals surface area contributed by atoms with Crippen LogP contribution in [0.3, 0.4) is 0 Å². The zero-order valence-corrected chi connectivity index (χ0v) is 8.63. The summed E-state index contributed by atoms with van der Waals surface area (Å²) in [5.74, 6) is 1.27. The number of nitrogens with one attached hydrogen (secondary N) is 1. The molecule has 0 saturated heterocycles. The number of anilines is 1. The highest BCUT2D eigenvalue weighted by Crippen LogP contribution is 2.32. The molecule has 14 heavy (non-hydrogen) atoms. The molecule has 0 bridgehead atoms. The summed E-state index contributed by atoms with van der Waals surface area (Å²) in [7, 11) is 0. The Morgan fingerprint density at radius 3 is 2.57 bits per heavy atom. The Morgan fingerprint density at radius 2 is 2.00 bits per heavy atom. The van der Waals surface area contributed by atoms with E-state index in [2.05, 4.69) is 22.2 Å². The molecule has 1 aromatic rings. The number of nitrogens with zero attached hydrogens (tertiary/aromatic N) is 2. The fraction of sp³-hybridized carbons (Fsp3) is 0.600. The third-order valence-corrected chi connectivity index (χ3v) is 2.56. The molecule has 0 spiro atoms. The van der Waals surface area contributed by atoms with E-state index in [1.807, 2.05) is 0 Å². The van der Waals surface area contributed by atoms with Crippen molar-refractivity contribution < 1.29 is 4.39 Å². The monoisotopic (exact) mass is 195 g/mol. The molecule has 1 N–H and O–H groups in total. The molecule has 0 radical (unpaired) electrons. The van der Waals surface area contributed by atoms with Gasteiger partial charge in [0.2, 0.25) is 0 Å². The molecule has 0 aromatic carbocycles.